The monoisotopic (exact) mass is 267 g/mol. The van der Waals surface area contributed by atoms with E-state index < -0.39 is 0 Å². The van der Waals surface area contributed by atoms with E-state index in [0.29, 0.717) is 0 Å². The molecule has 2 nitrogen and oxygen atoms in total. The van der Waals surface area contributed by atoms with Gasteiger partial charge in [0.25, 0.3) is 0 Å². The van der Waals surface area contributed by atoms with E-state index in [4.69, 9.17) is 0 Å². The minimum atomic E-state index is -0.352. The third-order valence-electron chi connectivity index (χ3n) is 4.38. The van der Waals surface area contributed by atoms with E-state index in [9.17, 15) is 5.11 Å². The zero-order chi connectivity index (χ0) is 14.1. The van der Waals surface area contributed by atoms with Gasteiger partial charge in [-0.2, -0.15) is 0 Å². The summed E-state index contributed by atoms with van der Waals surface area (Å²) in [6, 6.07) is 19.0. The number of hydrogen-bond donors (Lipinski definition) is 1. The van der Waals surface area contributed by atoms with Crippen molar-refractivity contribution in [1.82, 2.24) is 4.90 Å². The number of rotatable bonds is 3. The number of hydrogen-bond acceptors (Lipinski definition) is 2. The smallest absolute Gasteiger partial charge is 0.0837 e. The molecule has 0 amide bonds. The van der Waals surface area contributed by atoms with Crippen LogP contribution in [0.2, 0.25) is 0 Å². The van der Waals surface area contributed by atoms with Gasteiger partial charge in [-0.15, -0.1) is 0 Å². The molecule has 1 N–H and O–H groups in total. The first kappa shape index (κ1) is 13.3. The molecule has 3 unspecified atom stereocenters. The zero-order valence-electron chi connectivity index (χ0n) is 12.0. The van der Waals surface area contributed by atoms with E-state index in [-0.39, 0.29) is 18.1 Å². The van der Waals surface area contributed by atoms with Crippen molar-refractivity contribution in [2.75, 3.05) is 7.05 Å². The maximum absolute atomic E-state index is 10.4. The summed E-state index contributed by atoms with van der Waals surface area (Å²) in [5.74, 6) is 0.223. The molecule has 0 saturated heterocycles. The fourth-order valence-electron chi connectivity index (χ4n) is 3.40. The molecule has 1 aliphatic carbocycles. The Morgan fingerprint density at radius 3 is 2.25 bits per heavy atom. The van der Waals surface area contributed by atoms with Crippen molar-refractivity contribution >= 4 is 0 Å². The minimum Gasteiger partial charge on any atom is -0.388 e. The van der Waals surface area contributed by atoms with E-state index >= 15 is 0 Å². The zero-order valence-corrected chi connectivity index (χ0v) is 12.0. The fourth-order valence-corrected chi connectivity index (χ4v) is 3.40. The van der Waals surface area contributed by atoms with Crippen LogP contribution in [0.3, 0.4) is 0 Å². The summed E-state index contributed by atoms with van der Waals surface area (Å²) in [5, 5.41) is 10.4. The molecule has 2 heteroatoms. The third-order valence-corrected chi connectivity index (χ3v) is 4.38. The Bertz CT molecular complexity index is 581. The molecule has 0 fully saturated rings. The van der Waals surface area contributed by atoms with Gasteiger partial charge in [0.1, 0.15) is 0 Å². The SMILES string of the molecule is CC1C(O)c2ccccc2C1N(C)Cc1ccccc1. The van der Waals surface area contributed by atoms with Crippen molar-refractivity contribution in [3.63, 3.8) is 0 Å². The van der Waals surface area contributed by atoms with E-state index in [1.54, 1.807) is 0 Å². The molecule has 3 rings (SSSR count). The van der Waals surface area contributed by atoms with Crippen LogP contribution in [-0.2, 0) is 6.54 Å². The van der Waals surface area contributed by atoms with E-state index in [1.165, 1.54) is 11.1 Å². The van der Waals surface area contributed by atoms with Crippen molar-refractivity contribution in [2.24, 2.45) is 5.92 Å². The first-order valence-corrected chi connectivity index (χ1v) is 7.19. The summed E-state index contributed by atoms with van der Waals surface area (Å²) in [4.78, 5) is 2.34. The van der Waals surface area contributed by atoms with Gasteiger partial charge in [0.15, 0.2) is 0 Å². The fraction of sp³-hybridized carbons (Fsp3) is 0.333. The number of aliphatic hydroxyl groups is 1. The first-order chi connectivity index (χ1) is 9.68. The summed E-state index contributed by atoms with van der Waals surface area (Å²) in [7, 11) is 2.14. The molecular formula is C18H21NO. The Morgan fingerprint density at radius 1 is 0.950 bits per heavy atom. The molecule has 2 aromatic carbocycles. The van der Waals surface area contributed by atoms with Gasteiger partial charge in [0, 0.05) is 18.5 Å². The number of fused-ring (bicyclic) bond motifs is 1. The Hall–Kier alpha value is -1.64. The predicted octanol–water partition coefficient (Wildman–Crippen LogP) is 3.54. The quantitative estimate of drug-likeness (QED) is 0.919. The van der Waals surface area contributed by atoms with Crippen LogP contribution in [-0.4, -0.2) is 17.1 Å². The summed E-state index contributed by atoms with van der Waals surface area (Å²) in [5.41, 5.74) is 3.66. The summed E-state index contributed by atoms with van der Waals surface area (Å²) < 4.78 is 0. The molecule has 104 valence electrons. The molecule has 3 atom stereocenters. The molecule has 0 spiro atoms. The Kier molecular flexibility index (Phi) is 3.60. The van der Waals surface area contributed by atoms with Gasteiger partial charge >= 0.3 is 0 Å². The normalized spacial score (nSPS) is 24.9. The lowest BCUT2D eigenvalue weighted by Crippen LogP contribution is -2.27. The van der Waals surface area contributed by atoms with Crippen molar-refractivity contribution in [2.45, 2.75) is 25.6 Å². The van der Waals surface area contributed by atoms with Gasteiger partial charge < -0.3 is 5.11 Å². The Labute approximate surface area is 120 Å². The second-order valence-electron chi connectivity index (χ2n) is 5.78. The van der Waals surface area contributed by atoms with Crippen molar-refractivity contribution in [3.8, 4) is 0 Å². The highest BCUT2D eigenvalue weighted by Crippen LogP contribution is 2.46. The van der Waals surface area contributed by atoms with Gasteiger partial charge in [-0.3, -0.25) is 4.90 Å². The van der Waals surface area contributed by atoms with Gasteiger partial charge in [0.2, 0.25) is 0 Å². The molecule has 0 aromatic heterocycles. The summed E-state index contributed by atoms with van der Waals surface area (Å²) in [6.45, 7) is 3.04. The highest BCUT2D eigenvalue weighted by molar-refractivity contribution is 5.38. The van der Waals surface area contributed by atoms with Crippen molar-refractivity contribution in [1.29, 1.82) is 0 Å². The van der Waals surface area contributed by atoms with Gasteiger partial charge in [0.05, 0.1) is 6.10 Å². The molecule has 2 aromatic rings. The lowest BCUT2D eigenvalue weighted by molar-refractivity contribution is 0.0754. The maximum Gasteiger partial charge on any atom is 0.0837 e. The van der Waals surface area contributed by atoms with Crippen LogP contribution < -0.4 is 0 Å². The highest BCUT2D eigenvalue weighted by Gasteiger charge is 2.38. The first-order valence-electron chi connectivity index (χ1n) is 7.19. The van der Waals surface area contributed by atoms with Gasteiger partial charge in [-0.25, -0.2) is 0 Å². The number of benzene rings is 2. The van der Waals surface area contributed by atoms with Crippen molar-refractivity contribution < 1.29 is 5.11 Å². The second kappa shape index (κ2) is 5.39. The van der Waals surface area contributed by atoms with Crippen LogP contribution in [0.25, 0.3) is 0 Å². The molecular weight excluding hydrogens is 246 g/mol. The van der Waals surface area contributed by atoms with Crippen LogP contribution in [0, 0.1) is 5.92 Å². The molecule has 20 heavy (non-hydrogen) atoms. The standard InChI is InChI=1S/C18H21NO/c1-13-17(15-10-6-7-11-16(15)18(13)20)19(2)12-14-8-4-3-5-9-14/h3-11,13,17-18,20H,12H2,1-2H3. The molecule has 0 radical (unpaired) electrons. The lowest BCUT2D eigenvalue weighted by atomic mass is 9.99. The molecule has 0 saturated carbocycles. The predicted molar refractivity (Wildman–Crippen MR) is 81.2 cm³/mol. The second-order valence-corrected chi connectivity index (χ2v) is 5.78. The Morgan fingerprint density at radius 2 is 1.55 bits per heavy atom. The van der Waals surface area contributed by atoms with E-state index in [1.807, 2.05) is 18.2 Å². The average molecular weight is 267 g/mol. The largest absolute Gasteiger partial charge is 0.388 e. The van der Waals surface area contributed by atoms with Crippen LogP contribution in [0.15, 0.2) is 54.6 Å². The molecule has 1 aliphatic rings. The number of aliphatic hydroxyl groups excluding tert-OH is 1. The summed E-state index contributed by atoms with van der Waals surface area (Å²) in [6.07, 6.45) is -0.352. The minimum absolute atomic E-state index is 0.223. The number of nitrogens with zero attached hydrogens (tertiary/aromatic N) is 1. The van der Waals surface area contributed by atoms with E-state index in [0.717, 1.165) is 12.1 Å². The highest BCUT2D eigenvalue weighted by atomic mass is 16.3. The topological polar surface area (TPSA) is 23.5 Å². The summed E-state index contributed by atoms with van der Waals surface area (Å²) >= 11 is 0. The van der Waals surface area contributed by atoms with Crippen LogP contribution >= 0.6 is 0 Å². The van der Waals surface area contributed by atoms with E-state index in [2.05, 4.69) is 55.3 Å². The van der Waals surface area contributed by atoms with Crippen LogP contribution in [0.4, 0.5) is 0 Å². The molecule has 0 bridgehead atoms. The van der Waals surface area contributed by atoms with Gasteiger partial charge in [-0.05, 0) is 23.7 Å². The lowest BCUT2D eigenvalue weighted by Gasteiger charge is -2.29. The molecule has 0 aliphatic heterocycles. The maximum atomic E-state index is 10.4. The molecule has 0 heterocycles. The van der Waals surface area contributed by atoms with Crippen LogP contribution in [0.1, 0.15) is 35.8 Å². The van der Waals surface area contributed by atoms with Crippen LogP contribution in [0.5, 0.6) is 0 Å². The third kappa shape index (κ3) is 2.26. The van der Waals surface area contributed by atoms with Crippen molar-refractivity contribution in [3.05, 3.63) is 71.3 Å². The Balaban J connectivity index is 1.86. The van der Waals surface area contributed by atoms with Gasteiger partial charge in [-0.1, -0.05) is 61.5 Å². The average Bonchev–Trinajstić information content (AvgIpc) is 2.72.